The highest BCUT2D eigenvalue weighted by molar-refractivity contribution is 14.0. The van der Waals surface area contributed by atoms with E-state index in [4.69, 9.17) is 0 Å². The molecule has 1 aliphatic rings. The van der Waals surface area contributed by atoms with Gasteiger partial charge in [-0.3, -0.25) is 4.99 Å². The van der Waals surface area contributed by atoms with Crippen molar-refractivity contribution in [2.45, 2.75) is 19.3 Å². The van der Waals surface area contributed by atoms with E-state index < -0.39 is 0 Å². The van der Waals surface area contributed by atoms with E-state index in [1.807, 2.05) is 19.2 Å². The van der Waals surface area contributed by atoms with Crippen LogP contribution in [0.4, 0.5) is 4.39 Å². The predicted molar refractivity (Wildman–Crippen MR) is 95.4 cm³/mol. The Morgan fingerprint density at radius 2 is 2.10 bits per heavy atom. The van der Waals surface area contributed by atoms with Gasteiger partial charge in [-0.1, -0.05) is 6.07 Å². The number of nitrogens with zero attached hydrogens (tertiary/aromatic N) is 2. The Morgan fingerprint density at radius 1 is 1.40 bits per heavy atom. The van der Waals surface area contributed by atoms with E-state index in [2.05, 4.69) is 31.1 Å². The molecular weight excluding hydrogens is 436 g/mol. The average Bonchev–Trinajstić information content (AvgIpc) is 2.92. The van der Waals surface area contributed by atoms with Gasteiger partial charge in [0, 0.05) is 26.7 Å². The molecule has 6 heteroatoms. The summed E-state index contributed by atoms with van der Waals surface area (Å²) in [5.74, 6) is 0.753. The SMILES string of the molecule is CN=C(NCCc1ccc(F)c(Br)c1)N1CCCC1.I. The Bertz CT molecular complexity index is 462. The summed E-state index contributed by atoms with van der Waals surface area (Å²) in [6, 6.07) is 5.14. The van der Waals surface area contributed by atoms with E-state index in [1.54, 1.807) is 0 Å². The van der Waals surface area contributed by atoms with Crippen molar-refractivity contribution in [3.05, 3.63) is 34.1 Å². The minimum absolute atomic E-state index is 0. The second-order valence-corrected chi connectivity index (χ2v) is 5.52. The number of rotatable bonds is 3. The van der Waals surface area contributed by atoms with E-state index in [0.29, 0.717) is 4.47 Å². The van der Waals surface area contributed by atoms with Crippen molar-refractivity contribution < 1.29 is 4.39 Å². The van der Waals surface area contributed by atoms with Gasteiger partial charge >= 0.3 is 0 Å². The lowest BCUT2D eigenvalue weighted by Gasteiger charge is -2.20. The molecule has 1 aromatic rings. The van der Waals surface area contributed by atoms with Crippen LogP contribution in [-0.2, 0) is 6.42 Å². The van der Waals surface area contributed by atoms with Crippen molar-refractivity contribution in [3.8, 4) is 0 Å². The first-order valence-electron chi connectivity index (χ1n) is 6.60. The quantitative estimate of drug-likeness (QED) is 0.429. The number of likely N-dealkylation sites (tertiary alicyclic amines) is 1. The van der Waals surface area contributed by atoms with E-state index in [-0.39, 0.29) is 29.8 Å². The Morgan fingerprint density at radius 3 is 2.70 bits per heavy atom. The molecule has 0 saturated carbocycles. The number of benzene rings is 1. The number of nitrogens with one attached hydrogen (secondary N) is 1. The lowest BCUT2D eigenvalue weighted by atomic mass is 10.1. The van der Waals surface area contributed by atoms with Crippen LogP contribution >= 0.6 is 39.9 Å². The molecule has 1 heterocycles. The number of hydrogen-bond acceptors (Lipinski definition) is 1. The van der Waals surface area contributed by atoms with Gasteiger partial charge in [-0.15, -0.1) is 24.0 Å². The molecule has 0 radical (unpaired) electrons. The van der Waals surface area contributed by atoms with Crippen molar-refractivity contribution >= 4 is 45.9 Å². The largest absolute Gasteiger partial charge is 0.356 e. The third-order valence-corrected chi connectivity index (χ3v) is 3.91. The molecule has 2 rings (SSSR count). The minimum atomic E-state index is -0.218. The minimum Gasteiger partial charge on any atom is -0.356 e. The first-order chi connectivity index (χ1) is 9.20. The molecule has 0 spiro atoms. The highest BCUT2D eigenvalue weighted by atomic mass is 127. The molecule has 112 valence electrons. The van der Waals surface area contributed by atoms with Crippen molar-refractivity contribution in [2.75, 3.05) is 26.7 Å². The topological polar surface area (TPSA) is 27.6 Å². The standard InChI is InChI=1S/C14H19BrFN3.HI/c1-17-14(19-8-2-3-9-19)18-7-6-11-4-5-13(16)12(15)10-11;/h4-5,10H,2-3,6-9H2,1H3,(H,17,18);1H. The van der Waals surface area contributed by atoms with Crippen LogP contribution in [0, 0.1) is 5.82 Å². The molecule has 0 aromatic heterocycles. The zero-order valence-electron chi connectivity index (χ0n) is 11.5. The van der Waals surface area contributed by atoms with E-state index >= 15 is 0 Å². The Kier molecular flexibility index (Phi) is 7.79. The fourth-order valence-corrected chi connectivity index (χ4v) is 2.70. The first kappa shape index (κ1) is 17.7. The molecule has 0 unspecified atom stereocenters. The lowest BCUT2D eigenvalue weighted by Crippen LogP contribution is -2.40. The molecule has 0 aliphatic carbocycles. The highest BCUT2D eigenvalue weighted by Gasteiger charge is 2.14. The molecule has 1 saturated heterocycles. The average molecular weight is 456 g/mol. The molecule has 0 bridgehead atoms. The van der Waals surface area contributed by atoms with Gasteiger partial charge in [0.15, 0.2) is 5.96 Å². The van der Waals surface area contributed by atoms with Crippen molar-refractivity contribution in [3.63, 3.8) is 0 Å². The van der Waals surface area contributed by atoms with Gasteiger partial charge in [0.1, 0.15) is 5.82 Å². The number of hydrogen-bond donors (Lipinski definition) is 1. The summed E-state index contributed by atoms with van der Waals surface area (Å²) in [4.78, 5) is 6.57. The van der Waals surface area contributed by atoms with Gasteiger partial charge in [-0.2, -0.15) is 0 Å². The van der Waals surface area contributed by atoms with Crippen LogP contribution < -0.4 is 5.32 Å². The molecule has 1 aromatic carbocycles. The van der Waals surface area contributed by atoms with E-state index in [0.717, 1.165) is 37.6 Å². The fraction of sp³-hybridized carbons (Fsp3) is 0.500. The summed E-state index contributed by atoms with van der Waals surface area (Å²) >= 11 is 3.21. The van der Waals surface area contributed by atoms with Crippen molar-refractivity contribution in [1.29, 1.82) is 0 Å². The monoisotopic (exact) mass is 455 g/mol. The second kappa shape index (κ2) is 8.81. The molecule has 0 amide bonds. The maximum atomic E-state index is 13.1. The number of halogens is 3. The summed E-state index contributed by atoms with van der Waals surface area (Å²) in [5.41, 5.74) is 1.11. The molecule has 1 fully saturated rings. The molecule has 1 aliphatic heterocycles. The first-order valence-corrected chi connectivity index (χ1v) is 7.39. The van der Waals surface area contributed by atoms with Gasteiger partial charge in [0.25, 0.3) is 0 Å². The number of aliphatic imine (C=N–C) groups is 1. The van der Waals surface area contributed by atoms with Crippen molar-refractivity contribution in [1.82, 2.24) is 10.2 Å². The van der Waals surface area contributed by atoms with E-state index in [1.165, 1.54) is 18.9 Å². The van der Waals surface area contributed by atoms with Crippen LogP contribution in [0.15, 0.2) is 27.7 Å². The van der Waals surface area contributed by atoms with Gasteiger partial charge in [0.05, 0.1) is 4.47 Å². The molecular formula is C14H20BrFIN3. The van der Waals surface area contributed by atoms with Crippen LogP contribution in [0.5, 0.6) is 0 Å². The molecule has 20 heavy (non-hydrogen) atoms. The summed E-state index contributed by atoms with van der Waals surface area (Å²) in [6.45, 7) is 2.98. The molecule has 3 nitrogen and oxygen atoms in total. The van der Waals surface area contributed by atoms with Crippen LogP contribution in [-0.4, -0.2) is 37.5 Å². The molecule has 1 N–H and O–H groups in total. The van der Waals surface area contributed by atoms with Crippen LogP contribution in [0.1, 0.15) is 18.4 Å². The summed E-state index contributed by atoms with van der Waals surface area (Å²) in [5, 5.41) is 3.36. The lowest BCUT2D eigenvalue weighted by molar-refractivity contribution is 0.494. The maximum absolute atomic E-state index is 13.1. The second-order valence-electron chi connectivity index (χ2n) is 4.67. The normalized spacial score (nSPS) is 15.2. The van der Waals surface area contributed by atoms with Crippen LogP contribution in [0.3, 0.4) is 0 Å². The van der Waals surface area contributed by atoms with Crippen LogP contribution in [0.25, 0.3) is 0 Å². The van der Waals surface area contributed by atoms with Crippen molar-refractivity contribution in [2.24, 2.45) is 4.99 Å². The predicted octanol–water partition coefficient (Wildman–Crippen LogP) is 3.42. The zero-order valence-corrected chi connectivity index (χ0v) is 15.4. The Labute approximate surface area is 145 Å². The summed E-state index contributed by atoms with van der Waals surface area (Å²) < 4.78 is 13.6. The summed E-state index contributed by atoms with van der Waals surface area (Å²) in [6.07, 6.45) is 3.34. The highest BCUT2D eigenvalue weighted by Crippen LogP contribution is 2.17. The van der Waals surface area contributed by atoms with Gasteiger partial charge in [0.2, 0.25) is 0 Å². The molecule has 0 atom stereocenters. The van der Waals surface area contributed by atoms with Gasteiger partial charge in [-0.05, 0) is 52.9 Å². The van der Waals surface area contributed by atoms with Gasteiger partial charge in [-0.25, -0.2) is 4.39 Å². The zero-order chi connectivity index (χ0) is 13.7. The third-order valence-electron chi connectivity index (χ3n) is 3.30. The Balaban J connectivity index is 0.00000200. The smallest absolute Gasteiger partial charge is 0.193 e. The fourth-order valence-electron chi connectivity index (χ4n) is 2.27. The van der Waals surface area contributed by atoms with Gasteiger partial charge < -0.3 is 10.2 Å². The maximum Gasteiger partial charge on any atom is 0.193 e. The van der Waals surface area contributed by atoms with Crippen LogP contribution in [0.2, 0.25) is 0 Å². The summed E-state index contributed by atoms with van der Waals surface area (Å²) in [7, 11) is 1.81. The third kappa shape index (κ3) is 4.87. The Hall–Kier alpha value is -0.370. The number of guanidine groups is 1. The van der Waals surface area contributed by atoms with E-state index in [9.17, 15) is 4.39 Å².